The van der Waals surface area contributed by atoms with E-state index in [-0.39, 0.29) is 11.8 Å². The molecule has 0 bridgehead atoms. The summed E-state index contributed by atoms with van der Waals surface area (Å²) in [5.74, 6) is 0.452. The average Bonchev–Trinajstić information content (AvgIpc) is 2.56. The van der Waals surface area contributed by atoms with Crippen molar-refractivity contribution in [3.63, 3.8) is 0 Å². The third kappa shape index (κ3) is 2.99. The van der Waals surface area contributed by atoms with Gasteiger partial charge in [-0.15, -0.1) is 0 Å². The topological polar surface area (TPSA) is 90.8 Å². The molecule has 2 aliphatic heterocycles. The van der Waals surface area contributed by atoms with Crippen molar-refractivity contribution in [3.8, 4) is 0 Å². The quantitative estimate of drug-likeness (QED) is 0.784. The summed E-state index contributed by atoms with van der Waals surface area (Å²) in [7, 11) is 0. The van der Waals surface area contributed by atoms with Crippen LogP contribution in [0.3, 0.4) is 0 Å². The van der Waals surface area contributed by atoms with Crippen molar-refractivity contribution in [2.75, 3.05) is 31.1 Å². The van der Waals surface area contributed by atoms with E-state index < -0.39 is 0 Å². The van der Waals surface area contributed by atoms with E-state index in [1.165, 1.54) is 0 Å². The van der Waals surface area contributed by atoms with Crippen molar-refractivity contribution >= 4 is 23.5 Å². The second-order valence-electron chi connectivity index (χ2n) is 4.92. The number of hydrazone groups is 1. The van der Waals surface area contributed by atoms with Gasteiger partial charge in [-0.25, -0.2) is 15.4 Å². The van der Waals surface area contributed by atoms with Gasteiger partial charge in [0, 0.05) is 51.4 Å². The lowest BCUT2D eigenvalue weighted by atomic mass is 10.1. The van der Waals surface area contributed by atoms with E-state index in [0.717, 1.165) is 0 Å². The first kappa shape index (κ1) is 13.5. The molecule has 1 aromatic rings. The molecule has 1 aromatic heterocycles. The molecule has 0 aliphatic carbocycles. The Morgan fingerprint density at radius 2 is 1.81 bits per heavy atom. The number of nitrogens with zero attached hydrogens (tertiary/aromatic N) is 5. The summed E-state index contributed by atoms with van der Waals surface area (Å²) in [5, 5.41) is 3.85. The number of aromatic nitrogens is 2. The molecule has 8 heteroatoms. The lowest BCUT2D eigenvalue weighted by molar-refractivity contribution is -0.124. The highest BCUT2D eigenvalue weighted by atomic mass is 16.2. The maximum absolute atomic E-state index is 12.3. The van der Waals surface area contributed by atoms with E-state index in [9.17, 15) is 9.59 Å². The van der Waals surface area contributed by atoms with Crippen molar-refractivity contribution in [2.24, 2.45) is 5.10 Å². The lowest BCUT2D eigenvalue weighted by Crippen LogP contribution is -2.51. The summed E-state index contributed by atoms with van der Waals surface area (Å²) < 4.78 is 0. The van der Waals surface area contributed by atoms with Crippen LogP contribution in [0, 0.1) is 0 Å². The molecule has 3 heterocycles. The van der Waals surface area contributed by atoms with Crippen LogP contribution in [0.2, 0.25) is 0 Å². The van der Waals surface area contributed by atoms with Crippen LogP contribution < -0.4 is 10.3 Å². The summed E-state index contributed by atoms with van der Waals surface area (Å²) in [6, 6.07) is 1.78. The van der Waals surface area contributed by atoms with E-state index in [1.54, 1.807) is 23.4 Å². The first-order valence-electron chi connectivity index (χ1n) is 6.90. The van der Waals surface area contributed by atoms with Gasteiger partial charge in [0.2, 0.25) is 11.9 Å². The molecule has 3 rings (SSSR count). The van der Waals surface area contributed by atoms with E-state index >= 15 is 0 Å². The Morgan fingerprint density at radius 3 is 2.43 bits per heavy atom. The smallest absolute Gasteiger partial charge is 0.270 e. The van der Waals surface area contributed by atoms with Crippen LogP contribution in [-0.2, 0) is 9.59 Å². The van der Waals surface area contributed by atoms with Crippen molar-refractivity contribution in [1.82, 2.24) is 20.3 Å². The second-order valence-corrected chi connectivity index (χ2v) is 4.92. The fourth-order valence-corrected chi connectivity index (χ4v) is 2.37. The Bertz CT molecular complexity index is 565. The summed E-state index contributed by atoms with van der Waals surface area (Å²) in [6.07, 6.45) is 4.15. The third-order valence-corrected chi connectivity index (χ3v) is 3.55. The number of hydrogen-bond donors (Lipinski definition) is 1. The lowest BCUT2D eigenvalue weighted by Gasteiger charge is -2.35. The molecule has 21 heavy (non-hydrogen) atoms. The Balaban J connectivity index is 1.58. The molecule has 0 radical (unpaired) electrons. The maximum Gasteiger partial charge on any atom is 0.270 e. The summed E-state index contributed by atoms with van der Waals surface area (Å²) in [5.41, 5.74) is 2.79. The molecule has 0 aromatic carbocycles. The van der Waals surface area contributed by atoms with Gasteiger partial charge in [0.15, 0.2) is 0 Å². The number of carbonyl (C=O) groups is 2. The number of amides is 2. The minimum Gasteiger partial charge on any atom is -0.337 e. The standard InChI is InChI=1S/C13H16N6O2/c20-11-3-2-10(16-17-11)12(21)18-6-8-19(9-7-18)13-14-4-1-5-15-13/h1,4-5H,2-3,6-9H2,(H,17,20). The Kier molecular flexibility index (Phi) is 3.76. The molecule has 0 saturated carbocycles. The normalized spacial score (nSPS) is 19.0. The van der Waals surface area contributed by atoms with Gasteiger partial charge in [-0.2, -0.15) is 5.10 Å². The van der Waals surface area contributed by atoms with Crippen LogP contribution in [0.4, 0.5) is 5.95 Å². The van der Waals surface area contributed by atoms with Crippen LogP contribution in [0.15, 0.2) is 23.6 Å². The number of carbonyl (C=O) groups excluding carboxylic acids is 2. The monoisotopic (exact) mass is 288 g/mol. The zero-order valence-corrected chi connectivity index (χ0v) is 11.5. The fraction of sp³-hybridized carbons (Fsp3) is 0.462. The van der Waals surface area contributed by atoms with Gasteiger partial charge in [0.05, 0.1) is 0 Å². The predicted molar refractivity (Wildman–Crippen MR) is 75.6 cm³/mol. The SMILES string of the molecule is O=C1CCC(C(=O)N2CCN(c3ncccn3)CC2)=NN1. The molecular weight excluding hydrogens is 272 g/mol. The van der Waals surface area contributed by atoms with Crippen molar-refractivity contribution in [1.29, 1.82) is 0 Å². The summed E-state index contributed by atoms with van der Waals surface area (Å²) in [6.45, 7) is 2.58. The van der Waals surface area contributed by atoms with Crippen LogP contribution in [0.5, 0.6) is 0 Å². The predicted octanol–water partition coefficient (Wildman–Crippen LogP) is -0.609. The molecule has 0 atom stereocenters. The summed E-state index contributed by atoms with van der Waals surface area (Å²) in [4.78, 5) is 35.6. The molecule has 8 nitrogen and oxygen atoms in total. The van der Waals surface area contributed by atoms with Crippen molar-refractivity contribution < 1.29 is 9.59 Å². The summed E-state index contributed by atoms with van der Waals surface area (Å²) >= 11 is 0. The molecule has 110 valence electrons. The van der Waals surface area contributed by atoms with Gasteiger partial charge in [-0.05, 0) is 6.07 Å². The van der Waals surface area contributed by atoms with Crippen molar-refractivity contribution in [2.45, 2.75) is 12.8 Å². The van der Waals surface area contributed by atoms with E-state index in [0.29, 0.717) is 50.7 Å². The van der Waals surface area contributed by atoms with Gasteiger partial charge in [-0.3, -0.25) is 9.59 Å². The highest BCUT2D eigenvalue weighted by Gasteiger charge is 2.27. The first-order chi connectivity index (χ1) is 10.2. The van der Waals surface area contributed by atoms with Gasteiger partial charge >= 0.3 is 0 Å². The zero-order valence-electron chi connectivity index (χ0n) is 11.5. The first-order valence-corrected chi connectivity index (χ1v) is 6.90. The largest absolute Gasteiger partial charge is 0.337 e. The van der Waals surface area contributed by atoms with Gasteiger partial charge in [-0.1, -0.05) is 0 Å². The zero-order chi connectivity index (χ0) is 14.7. The number of hydrogen-bond acceptors (Lipinski definition) is 6. The molecule has 1 fully saturated rings. The number of rotatable bonds is 2. The second kappa shape index (κ2) is 5.86. The van der Waals surface area contributed by atoms with Crippen LogP contribution >= 0.6 is 0 Å². The number of piperazine rings is 1. The molecule has 1 N–H and O–H groups in total. The molecule has 2 amide bonds. The van der Waals surface area contributed by atoms with Crippen LogP contribution in [0.25, 0.3) is 0 Å². The van der Waals surface area contributed by atoms with Crippen molar-refractivity contribution in [3.05, 3.63) is 18.5 Å². The molecule has 2 aliphatic rings. The molecular formula is C13H16N6O2. The third-order valence-electron chi connectivity index (χ3n) is 3.55. The van der Waals surface area contributed by atoms with E-state index in [2.05, 4.69) is 20.5 Å². The highest BCUT2D eigenvalue weighted by molar-refractivity contribution is 6.39. The van der Waals surface area contributed by atoms with E-state index in [1.807, 2.05) is 4.90 Å². The number of nitrogens with one attached hydrogen (secondary N) is 1. The minimum absolute atomic E-state index is 0.0939. The van der Waals surface area contributed by atoms with Crippen LogP contribution in [-0.4, -0.2) is 58.6 Å². The van der Waals surface area contributed by atoms with Gasteiger partial charge in [0.25, 0.3) is 5.91 Å². The van der Waals surface area contributed by atoms with E-state index in [4.69, 9.17) is 0 Å². The Labute approximate surface area is 121 Å². The fourth-order valence-electron chi connectivity index (χ4n) is 2.37. The molecule has 0 unspecified atom stereocenters. The van der Waals surface area contributed by atoms with Gasteiger partial charge < -0.3 is 9.80 Å². The highest BCUT2D eigenvalue weighted by Crippen LogP contribution is 2.11. The Hall–Kier alpha value is -2.51. The Morgan fingerprint density at radius 1 is 1.10 bits per heavy atom. The molecule has 0 spiro atoms. The van der Waals surface area contributed by atoms with Gasteiger partial charge in [0.1, 0.15) is 5.71 Å². The minimum atomic E-state index is -0.141. The molecule has 1 saturated heterocycles. The number of anilines is 1. The maximum atomic E-state index is 12.3. The average molecular weight is 288 g/mol. The van der Waals surface area contributed by atoms with Crippen LogP contribution in [0.1, 0.15) is 12.8 Å².